The molecule has 0 radical (unpaired) electrons. The maximum Gasteiger partial charge on any atom is 0.269 e. The lowest BCUT2D eigenvalue weighted by atomic mass is 10.1. The molecule has 0 bridgehead atoms. The number of rotatable bonds is 9. The zero-order valence-electron chi connectivity index (χ0n) is 18.5. The van der Waals surface area contributed by atoms with E-state index in [0.717, 1.165) is 16.3 Å². The smallest absolute Gasteiger partial charge is 0.269 e. The van der Waals surface area contributed by atoms with Gasteiger partial charge in [0.1, 0.15) is 10.9 Å². The summed E-state index contributed by atoms with van der Waals surface area (Å²) in [4.78, 5) is 39.7. The first-order valence-corrected chi connectivity index (χ1v) is 12.5. The van der Waals surface area contributed by atoms with Crippen molar-refractivity contribution in [2.75, 3.05) is 13.1 Å². The Hall–Kier alpha value is -2.91. The van der Waals surface area contributed by atoms with Crippen LogP contribution in [0.25, 0.3) is 0 Å². The fraction of sp³-hybridized carbons (Fsp3) is 0.348. The number of hydrogen-bond donors (Lipinski definition) is 1. The second-order valence-electron chi connectivity index (χ2n) is 7.74. The lowest BCUT2D eigenvalue weighted by Gasteiger charge is -2.29. The zero-order chi connectivity index (χ0) is 24.2. The number of benzene rings is 2. The SMILES string of the molecule is CCCNC(=O)[C@H](C)N(Cc1ccc(Cl)cc1)C(=O)CCN1C(=O)c2ccccc2S1(=O)=O. The van der Waals surface area contributed by atoms with Crippen molar-refractivity contribution in [3.8, 4) is 0 Å². The molecule has 33 heavy (non-hydrogen) atoms. The summed E-state index contributed by atoms with van der Waals surface area (Å²) in [6.45, 7) is 3.84. The summed E-state index contributed by atoms with van der Waals surface area (Å²) in [6, 6.07) is 12.1. The first kappa shape index (κ1) is 24.7. The Kier molecular flexibility index (Phi) is 7.76. The maximum atomic E-state index is 13.2. The number of carbonyl (C=O) groups is 3. The van der Waals surface area contributed by atoms with Crippen LogP contribution in [0.4, 0.5) is 0 Å². The highest BCUT2D eigenvalue weighted by molar-refractivity contribution is 7.90. The van der Waals surface area contributed by atoms with Gasteiger partial charge < -0.3 is 10.2 Å². The molecule has 0 saturated heterocycles. The third-order valence-electron chi connectivity index (χ3n) is 5.42. The largest absolute Gasteiger partial charge is 0.354 e. The molecule has 1 N–H and O–H groups in total. The fourth-order valence-corrected chi connectivity index (χ4v) is 5.25. The molecular weight excluding hydrogens is 466 g/mol. The van der Waals surface area contributed by atoms with Gasteiger partial charge in [-0.15, -0.1) is 0 Å². The second-order valence-corrected chi connectivity index (χ2v) is 10.0. The molecule has 0 saturated carbocycles. The molecule has 2 aromatic carbocycles. The average molecular weight is 492 g/mol. The molecule has 0 fully saturated rings. The highest BCUT2D eigenvalue weighted by Gasteiger charge is 2.41. The van der Waals surface area contributed by atoms with E-state index in [1.807, 2.05) is 6.92 Å². The van der Waals surface area contributed by atoms with Gasteiger partial charge in [-0.05, 0) is 43.2 Å². The van der Waals surface area contributed by atoms with Gasteiger partial charge in [-0.25, -0.2) is 12.7 Å². The summed E-state index contributed by atoms with van der Waals surface area (Å²) >= 11 is 5.94. The van der Waals surface area contributed by atoms with E-state index >= 15 is 0 Å². The number of amides is 3. The molecule has 3 amide bonds. The minimum Gasteiger partial charge on any atom is -0.354 e. The van der Waals surface area contributed by atoms with Gasteiger partial charge in [0.15, 0.2) is 0 Å². The molecular formula is C23H26ClN3O5S. The van der Waals surface area contributed by atoms with Gasteiger partial charge in [-0.1, -0.05) is 42.8 Å². The van der Waals surface area contributed by atoms with Crippen LogP contribution in [0.5, 0.6) is 0 Å². The minimum absolute atomic E-state index is 0.0622. The molecule has 1 aliphatic rings. The summed E-state index contributed by atoms with van der Waals surface area (Å²) in [5.74, 6) is -1.41. The Morgan fingerprint density at radius 3 is 2.42 bits per heavy atom. The van der Waals surface area contributed by atoms with Gasteiger partial charge in [0.25, 0.3) is 15.9 Å². The maximum absolute atomic E-state index is 13.2. The van der Waals surface area contributed by atoms with Crippen molar-refractivity contribution in [1.82, 2.24) is 14.5 Å². The monoisotopic (exact) mass is 491 g/mol. The van der Waals surface area contributed by atoms with Gasteiger partial charge in [-0.2, -0.15) is 0 Å². The van der Waals surface area contributed by atoms with Gasteiger partial charge in [0, 0.05) is 31.1 Å². The molecule has 1 aliphatic heterocycles. The van der Waals surface area contributed by atoms with Crippen LogP contribution >= 0.6 is 11.6 Å². The van der Waals surface area contributed by atoms with Crippen molar-refractivity contribution in [3.63, 3.8) is 0 Å². The predicted octanol–water partition coefficient (Wildman–Crippen LogP) is 2.82. The standard InChI is InChI=1S/C23H26ClN3O5S/c1-3-13-25-22(29)16(2)26(15-17-8-10-18(24)11-9-17)21(28)12-14-27-23(30)19-6-4-5-7-20(19)33(27,31)32/h4-11,16H,3,12-15H2,1-2H3,(H,25,29)/t16-/m0/s1. The van der Waals surface area contributed by atoms with Crippen molar-refractivity contribution >= 4 is 39.3 Å². The zero-order valence-corrected chi connectivity index (χ0v) is 20.0. The van der Waals surface area contributed by atoms with Crippen molar-refractivity contribution in [1.29, 1.82) is 0 Å². The predicted molar refractivity (Wildman–Crippen MR) is 124 cm³/mol. The number of hydrogen-bond acceptors (Lipinski definition) is 5. The Labute approximate surface area is 198 Å². The van der Waals surface area contributed by atoms with Crippen LogP contribution in [0.15, 0.2) is 53.4 Å². The molecule has 2 aromatic rings. The Morgan fingerprint density at radius 1 is 1.12 bits per heavy atom. The molecule has 176 valence electrons. The normalized spacial score (nSPS) is 15.1. The Balaban J connectivity index is 1.77. The molecule has 1 atom stereocenters. The van der Waals surface area contributed by atoms with Crippen LogP contribution in [0, 0.1) is 0 Å². The van der Waals surface area contributed by atoms with Crippen LogP contribution in [-0.4, -0.2) is 54.5 Å². The van der Waals surface area contributed by atoms with Crippen LogP contribution in [0.2, 0.25) is 5.02 Å². The van der Waals surface area contributed by atoms with E-state index in [0.29, 0.717) is 11.6 Å². The van der Waals surface area contributed by atoms with Crippen molar-refractivity contribution in [2.24, 2.45) is 0 Å². The number of halogens is 1. The average Bonchev–Trinajstić information content (AvgIpc) is 3.00. The number of nitrogens with zero attached hydrogens (tertiary/aromatic N) is 2. The van der Waals surface area contributed by atoms with Crippen LogP contribution in [0.3, 0.4) is 0 Å². The van der Waals surface area contributed by atoms with E-state index in [1.54, 1.807) is 43.3 Å². The number of carbonyl (C=O) groups excluding carboxylic acids is 3. The third kappa shape index (κ3) is 5.36. The van der Waals surface area contributed by atoms with Crippen LogP contribution in [0.1, 0.15) is 42.6 Å². The summed E-state index contributed by atoms with van der Waals surface area (Å²) in [7, 11) is -4.01. The molecule has 0 aromatic heterocycles. The molecule has 10 heteroatoms. The van der Waals surface area contributed by atoms with Crippen molar-refractivity contribution < 1.29 is 22.8 Å². The van der Waals surface area contributed by atoms with Crippen LogP contribution in [-0.2, 0) is 26.2 Å². The summed E-state index contributed by atoms with van der Waals surface area (Å²) in [5.41, 5.74) is 0.857. The highest BCUT2D eigenvalue weighted by atomic mass is 35.5. The van der Waals surface area contributed by atoms with E-state index in [1.165, 1.54) is 17.0 Å². The topological polar surface area (TPSA) is 104 Å². The molecule has 3 rings (SSSR count). The van der Waals surface area contributed by atoms with Crippen LogP contribution < -0.4 is 5.32 Å². The molecule has 0 aliphatic carbocycles. The van der Waals surface area contributed by atoms with Gasteiger partial charge in [0.2, 0.25) is 11.8 Å². The number of sulfonamides is 1. The number of fused-ring (bicyclic) bond motifs is 1. The van der Waals surface area contributed by atoms with E-state index in [2.05, 4.69) is 5.32 Å². The first-order chi connectivity index (χ1) is 15.7. The summed E-state index contributed by atoms with van der Waals surface area (Å²) in [5, 5.41) is 3.32. The highest BCUT2D eigenvalue weighted by Crippen LogP contribution is 2.30. The van der Waals surface area contributed by atoms with E-state index < -0.39 is 27.9 Å². The summed E-state index contributed by atoms with van der Waals surface area (Å²) in [6.07, 6.45) is 0.497. The summed E-state index contributed by atoms with van der Waals surface area (Å²) < 4.78 is 26.2. The molecule has 0 unspecified atom stereocenters. The molecule has 8 nitrogen and oxygen atoms in total. The molecule has 0 spiro atoms. The lowest BCUT2D eigenvalue weighted by molar-refractivity contribution is -0.140. The number of nitrogens with one attached hydrogen (secondary N) is 1. The van der Waals surface area contributed by atoms with E-state index in [-0.39, 0.29) is 35.9 Å². The quantitative estimate of drug-likeness (QED) is 0.581. The first-order valence-electron chi connectivity index (χ1n) is 10.6. The van der Waals surface area contributed by atoms with E-state index in [4.69, 9.17) is 11.6 Å². The molecule has 1 heterocycles. The minimum atomic E-state index is -4.01. The Bertz CT molecular complexity index is 1150. The second kappa shape index (κ2) is 10.4. The van der Waals surface area contributed by atoms with Gasteiger partial charge in [-0.3, -0.25) is 14.4 Å². The van der Waals surface area contributed by atoms with Gasteiger partial charge in [0.05, 0.1) is 5.56 Å². The van der Waals surface area contributed by atoms with E-state index in [9.17, 15) is 22.8 Å². The van der Waals surface area contributed by atoms with Gasteiger partial charge >= 0.3 is 0 Å². The van der Waals surface area contributed by atoms with Crippen molar-refractivity contribution in [3.05, 3.63) is 64.7 Å². The lowest BCUT2D eigenvalue weighted by Crippen LogP contribution is -2.48. The fourth-order valence-electron chi connectivity index (χ4n) is 3.56. The third-order valence-corrected chi connectivity index (χ3v) is 7.52. The Morgan fingerprint density at radius 2 is 1.79 bits per heavy atom. The van der Waals surface area contributed by atoms with Crippen molar-refractivity contribution in [2.45, 2.75) is 44.2 Å².